The van der Waals surface area contributed by atoms with E-state index in [1.807, 2.05) is 24.4 Å². The Morgan fingerprint density at radius 3 is 2.89 bits per heavy atom. The first-order valence-electron chi connectivity index (χ1n) is 9.77. The molecule has 0 bridgehead atoms. The van der Waals surface area contributed by atoms with Crippen LogP contribution in [0.25, 0.3) is 10.8 Å². The number of hydrogen-bond acceptors (Lipinski definition) is 4. The average Bonchev–Trinajstić information content (AvgIpc) is 2.68. The number of aromatic nitrogens is 1. The van der Waals surface area contributed by atoms with Crippen LogP contribution in [-0.2, 0) is 11.3 Å². The lowest BCUT2D eigenvalue weighted by Crippen LogP contribution is -2.50. The first-order valence-corrected chi connectivity index (χ1v) is 9.77. The van der Waals surface area contributed by atoms with E-state index in [1.54, 1.807) is 7.05 Å². The van der Waals surface area contributed by atoms with Crippen LogP contribution in [0.1, 0.15) is 19.5 Å². The third-order valence-electron chi connectivity index (χ3n) is 4.75. The number of nitrogens with one attached hydrogen (secondary N) is 2. The number of pyridine rings is 1. The van der Waals surface area contributed by atoms with Gasteiger partial charge in [-0.15, -0.1) is 24.0 Å². The van der Waals surface area contributed by atoms with Crippen LogP contribution >= 0.6 is 24.0 Å². The van der Waals surface area contributed by atoms with Crippen molar-refractivity contribution in [1.29, 1.82) is 0 Å². The van der Waals surface area contributed by atoms with E-state index in [4.69, 9.17) is 4.74 Å². The van der Waals surface area contributed by atoms with Gasteiger partial charge in [-0.05, 0) is 17.4 Å². The van der Waals surface area contributed by atoms with Crippen LogP contribution < -0.4 is 10.6 Å². The molecule has 1 aliphatic rings. The molecule has 0 saturated carbocycles. The smallest absolute Gasteiger partial charge is 0.191 e. The normalized spacial score (nSPS) is 18.1. The van der Waals surface area contributed by atoms with Gasteiger partial charge in [0.25, 0.3) is 0 Å². The average molecular weight is 497 g/mol. The number of morpholine rings is 1. The summed E-state index contributed by atoms with van der Waals surface area (Å²) < 4.78 is 5.91. The van der Waals surface area contributed by atoms with Gasteiger partial charge in [-0.3, -0.25) is 14.9 Å². The fraction of sp³-hybridized carbons (Fsp3) is 0.524. The molecule has 28 heavy (non-hydrogen) atoms. The molecule has 7 heteroatoms. The number of benzene rings is 1. The molecule has 3 rings (SSSR count). The molecular formula is C21H32IN5O. The number of guanidine groups is 1. The van der Waals surface area contributed by atoms with Crippen molar-refractivity contribution >= 4 is 40.7 Å². The first kappa shape index (κ1) is 22.8. The Kier molecular flexibility index (Phi) is 9.40. The van der Waals surface area contributed by atoms with Gasteiger partial charge in [0.05, 0.1) is 24.9 Å². The second-order valence-corrected chi connectivity index (χ2v) is 7.43. The number of fused-ring (bicyclic) bond motifs is 1. The SMILES string of the molecule is CN=C(NCc1nccc2ccccc12)NCC1CN(CC(C)C)CCO1.I. The second-order valence-electron chi connectivity index (χ2n) is 7.43. The van der Waals surface area contributed by atoms with Gasteiger partial charge in [0.15, 0.2) is 5.96 Å². The molecular weight excluding hydrogens is 465 g/mol. The van der Waals surface area contributed by atoms with Crippen molar-refractivity contribution in [2.24, 2.45) is 10.9 Å². The molecule has 154 valence electrons. The zero-order valence-electron chi connectivity index (χ0n) is 17.0. The van der Waals surface area contributed by atoms with Gasteiger partial charge in [-0.2, -0.15) is 0 Å². The molecule has 1 unspecified atom stereocenters. The number of halogens is 1. The summed E-state index contributed by atoms with van der Waals surface area (Å²) in [4.78, 5) is 11.3. The van der Waals surface area contributed by atoms with Crippen molar-refractivity contribution < 1.29 is 4.74 Å². The molecule has 0 radical (unpaired) electrons. The van der Waals surface area contributed by atoms with Crippen LogP contribution in [0.5, 0.6) is 0 Å². The molecule has 1 saturated heterocycles. The molecule has 1 aliphatic heterocycles. The molecule has 2 N–H and O–H groups in total. The van der Waals surface area contributed by atoms with Gasteiger partial charge in [0, 0.05) is 44.8 Å². The molecule has 1 aromatic carbocycles. The Bertz CT molecular complexity index is 762. The van der Waals surface area contributed by atoms with Crippen molar-refractivity contribution in [3.05, 3.63) is 42.2 Å². The van der Waals surface area contributed by atoms with Crippen molar-refractivity contribution in [2.75, 3.05) is 39.8 Å². The lowest BCUT2D eigenvalue weighted by molar-refractivity contribution is -0.0284. The summed E-state index contributed by atoms with van der Waals surface area (Å²) in [6.45, 7) is 9.81. The van der Waals surface area contributed by atoms with E-state index in [-0.39, 0.29) is 30.1 Å². The number of hydrogen-bond donors (Lipinski definition) is 2. The quantitative estimate of drug-likeness (QED) is 0.365. The fourth-order valence-electron chi connectivity index (χ4n) is 3.51. The Hall–Kier alpha value is -1.45. The monoisotopic (exact) mass is 497 g/mol. The summed E-state index contributed by atoms with van der Waals surface area (Å²) in [6, 6.07) is 10.3. The Morgan fingerprint density at radius 2 is 2.11 bits per heavy atom. The third-order valence-corrected chi connectivity index (χ3v) is 4.75. The van der Waals surface area contributed by atoms with Crippen LogP contribution in [0.2, 0.25) is 0 Å². The maximum atomic E-state index is 5.91. The lowest BCUT2D eigenvalue weighted by Gasteiger charge is -2.34. The lowest BCUT2D eigenvalue weighted by atomic mass is 10.1. The highest BCUT2D eigenvalue weighted by Gasteiger charge is 2.21. The molecule has 1 fully saturated rings. The fourth-order valence-corrected chi connectivity index (χ4v) is 3.51. The molecule has 0 spiro atoms. The zero-order valence-corrected chi connectivity index (χ0v) is 19.3. The summed E-state index contributed by atoms with van der Waals surface area (Å²) in [5.74, 6) is 1.45. The number of nitrogens with zero attached hydrogens (tertiary/aromatic N) is 3. The maximum absolute atomic E-state index is 5.91. The first-order chi connectivity index (χ1) is 13.2. The third kappa shape index (κ3) is 6.56. The molecule has 2 aromatic rings. The van der Waals surface area contributed by atoms with E-state index >= 15 is 0 Å². The predicted octanol–water partition coefficient (Wildman–Crippen LogP) is 2.87. The van der Waals surface area contributed by atoms with Crippen molar-refractivity contribution in [2.45, 2.75) is 26.5 Å². The van der Waals surface area contributed by atoms with E-state index in [0.29, 0.717) is 12.5 Å². The maximum Gasteiger partial charge on any atom is 0.191 e. The van der Waals surface area contributed by atoms with E-state index in [1.165, 1.54) is 10.8 Å². The number of ether oxygens (including phenoxy) is 1. The molecule has 2 heterocycles. The highest BCUT2D eigenvalue weighted by Crippen LogP contribution is 2.15. The summed E-state index contributed by atoms with van der Waals surface area (Å²) in [5.41, 5.74) is 1.02. The minimum Gasteiger partial charge on any atom is -0.374 e. The molecule has 1 atom stereocenters. The van der Waals surface area contributed by atoms with Gasteiger partial charge < -0.3 is 15.4 Å². The summed E-state index contributed by atoms with van der Waals surface area (Å²) in [6.07, 6.45) is 2.04. The Balaban J connectivity index is 0.00000280. The summed E-state index contributed by atoms with van der Waals surface area (Å²) >= 11 is 0. The largest absolute Gasteiger partial charge is 0.374 e. The minimum atomic E-state index is 0. The van der Waals surface area contributed by atoms with Crippen molar-refractivity contribution in [1.82, 2.24) is 20.5 Å². The zero-order chi connectivity index (χ0) is 19.1. The Labute approximate surface area is 185 Å². The predicted molar refractivity (Wildman–Crippen MR) is 126 cm³/mol. The Morgan fingerprint density at radius 1 is 1.29 bits per heavy atom. The van der Waals surface area contributed by atoms with Crippen LogP contribution in [-0.4, -0.2) is 61.8 Å². The van der Waals surface area contributed by atoms with E-state index < -0.39 is 0 Å². The molecule has 0 amide bonds. The van der Waals surface area contributed by atoms with E-state index in [2.05, 4.69) is 51.5 Å². The van der Waals surface area contributed by atoms with Crippen LogP contribution in [0.4, 0.5) is 0 Å². The number of rotatable bonds is 6. The van der Waals surface area contributed by atoms with Gasteiger partial charge in [-0.1, -0.05) is 38.1 Å². The van der Waals surface area contributed by atoms with Gasteiger partial charge in [0.1, 0.15) is 0 Å². The number of aliphatic imine (C=N–C) groups is 1. The topological polar surface area (TPSA) is 61.8 Å². The molecule has 0 aliphatic carbocycles. The van der Waals surface area contributed by atoms with Gasteiger partial charge in [-0.25, -0.2) is 0 Å². The van der Waals surface area contributed by atoms with Crippen LogP contribution in [0, 0.1) is 5.92 Å². The highest BCUT2D eigenvalue weighted by atomic mass is 127. The van der Waals surface area contributed by atoms with Crippen molar-refractivity contribution in [3.8, 4) is 0 Å². The van der Waals surface area contributed by atoms with Crippen molar-refractivity contribution in [3.63, 3.8) is 0 Å². The van der Waals surface area contributed by atoms with Gasteiger partial charge in [0.2, 0.25) is 0 Å². The minimum absolute atomic E-state index is 0. The van der Waals surface area contributed by atoms with E-state index in [0.717, 1.165) is 44.4 Å². The highest BCUT2D eigenvalue weighted by molar-refractivity contribution is 14.0. The van der Waals surface area contributed by atoms with Gasteiger partial charge >= 0.3 is 0 Å². The van der Waals surface area contributed by atoms with Crippen LogP contribution in [0.15, 0.2) is 41.5 Å². The molecule has 1 aromatic heterocycles. The van der Waals surface area contributed by atoms with E-state index in [9.17, 15) is 0 Å². The second kappa shape index (κ2) is 11.5. The van der Waals surface area contributed by atoms with Crippen LogP contribution in [0.3, 0.4) is 0 Å². The molecule has 6 nitrogen and oxygen atoms in total. The standard InChI is InChI=1S/C21H31N5O.HI/c1-16(2)14-26-10-11-27-18(15-26)12-24-21(22-3)25-13-20-19-7-5-4-6-17(19)8-9-23-20;/h4-9,16,18H,10-15H2,1-3H3,(H2,22,24,25);1H. The summed E-state index contributed by atoms with van der Waals surface area (Å²) in [7, 11) is 1.79. The summed E-state index contributed by atoms with van der Waals surface area (Å²) in [5, 5.41) is 9.13.